The van der Waals surface area contributed by atoms with Crippen molar-refractivity contribution >= 4 is 0 Å². The third kappa shape index (κ3) is 1.69. The quantitative estimate of drug-likeness (QED) is 0.709. The topological polar surface area (TPSA) is 102 Å². The van der Waals surface area contributed by atoms with E-state index in [1.165, 1.54) is 10.9 Å². The lowest BCUT2D eigenvalue weighted by molar-refractivity contribution is 0.970. The zero-order valence-corrected chi connectivity index (χ0v) is 8.49. The maximum atomic E-state index is 8.95. The molecule has 17 heavy (non-hydrogen) atoms. The zero-order valence-electron chi connectivity index (χ0n) is 8.49. The lowest BCUT2D eigenvalue weighted by atomic mass is 10.3. The van der Waals surface area contributed by atoms with E-state index < -0.39 is 0 Å². The van der Waals surface area contributed by atoms with Gasteiger partial charge in [-0.25, -0.2) is 9.97 Å². The van der Waals surface area contributed by atoms with E-state index in [-0.39, 0.29) is 17.1 Å². The summed E-state index contributed by atoms with van der Waals surface area (Å²) in [7, 11) is 0. The second-order valence-electron chi connectivity index (χ2n) is 3.03. The molecule has 6 nitrogen and oxygen atoms in total. The minimum atomic E-state index is 0.0386. The fourth-order valence-electron chi connectivity index (χ4n) is 1.33. The van der Waals surface area contributed by atoms with Crippen molar-refractivity contribution in [3.63, 3.8) is 0 Å². The maximum absolute atomic E-state index is 8.95. The Morgan fingerprint density at radius 3 is 2.53 bits per heavy atom. The summed E-state index contributed by atoms with van der Waals surface area (Å²) >= 11 is 0. The van der Waals surface area contributed by atoms with Crippen LogP contribution in [0.2, 0.25) is 0 Å². The van der Waals surface area contributed by atoms with Crippen LogP contribution in [-0.2, 0) is 0 Å². The summed E-state index contributed by atoms with van der Waals surface area (Å²) in [5, 5.41) is 26.4. The van der Waals surface area contributed by atoms with E-state index >= 15 is 0 Å². The molecule has 0 radical (unpaired) electrons. The summed E-state index contributed by atoms with van der Waals surface area (Å²) in [4.78, 5) is 7.81. The summed E-state index contributed by atoms with van der Waals surface area (Å²) < 4.78 is 1.37. The number of nitrogens with zero attached hydrogens (tertiary/aromatic N) is 6. The Balaban J connectivity index is 2.63. The van der Waals surface area contributed by atoms with Gasteiger partial charge in [0.25, 0.3) is 0 Å². The van der Waals surface area contributed by atoms with E-state index in [1.54, 1.807) is 18.2 Å². The van der Waals surface area contributed by atoms with Gasteiger partial charge >= 0.3 is 0 Å². The van der Waals surface area contributed by atoms with Crippen LogP contribution in [0.15, 0.2) is 24.5 Å². The first kappa shape index (κ1) is 10.4. The van der Waals surface area contributed by atoms with E-state index in [0.29, 0.717) is 5.82 Å². The smallest absolute Gasteiger partial charge is 0.177 e. The van der Waals surface area contributed by atoms with E-state index in [1.807, 2.05) is 18.2 Å². The number of nitriles is 3. The van der Waals surface area contributed by atoms with Crippen molar-refractivity contribution in [2.24, 2.45) is 0 Å². The number of imidazole rings is 1. The molecule has 2 aromatic heterocycles. The summed E-state index contributed by atoms with van der Waals surface area (Å²) in [6.07, 6.45) is 1.33. The van der Waals surface area contributed by atoms with Crippen molar-refractivity contribution in [1.82, 2.24) is 14.5 Å². The molecule has 2 aromatic rings. The molecule has 0 aliphatic heterocycles. The molecular weight excluding hydrogens is 216 g/mol. The van der Waals surface area contributed by atoms with Gasteiger partial charge in [-0.2, -0.15) is 15.8 Å². The van der Waals surface area contributed by atoms with Crippen LogP contribution in [0.25, 0.3) is 5.82 Å². The molecule has 0 amide bonds. The van der Waals surface area contributed by atoms with Gasteiger partial charge in [-0.15, -0.1) is 0 Å². The lowest BCUT2D eigenvalue weighted by Crippen LogP contribution is -2.00. The minimum absolute atomic E-state index is 0.0386. The summed E-state index contributed by atoms with van der Waals surface area (Å²) in [5.74, 6) is 0.384. The number of hydrogen-bond donors (Lipinski definition) is 0. The van der Waals surface area contributed by atoms with Crippen LogP contribution >= 0.6 is 0 Å². The monoisotopic (exact) mass is 220 g/mol. The van der Waals surface area contributed by atoms with E-state index in [2.05, 4.69) is 9.97 Å². The number of hydrogen-bond acceptors (Lipinski definition) is 5. The molecule has 6 heteroatoms. The Kier molecular flexibility index (Phi) is 2.52. The molecule has 0 spiro atoms. The van der Waals surface area contributed by atoms with Crippen molar-refractivity contribution in [2.45, 2.75) is 0 Å². The van der Waals surface area contributed by atoms with Gasteiger partial charge in [0.05, 0.1) is 0 Å². The molecular formula is C11H4N6. The van der Waals surface area contributed by atoms with Crippen LogP contribution in [-0.4, -0.2) is 14.5 Å². The van der Waals surface area contributed by atoms with Gasteiger partial charge in [0, 0.05) is 0 Å². The first-order chi connectivity index (χ1) is 8.30. The predicted molar refractivity (Wildman–Crippen MR) is 55.5 cm³/mol. The average molecular weight is 220 g/mol. The highest BCUT2D eigenvalue weighted by Crippen LogP contribution is 2.12. The van der Waals surface area contributed by atoms with Crippen LogP contribution in [0.5, 0.6) is 0 Å². The Labute approximate surface area is 96.6 Å². The molecule has 0 aromatic carbocycles. The van der Waals surface area contributed by atoms with Crippen LogP contribution in [0.1, 0.15) is 17.1 Å². The Morgan fingerprint density at radius 1 is 1.06 bits per heavy atom. The molecule has 2 rings (SSSR count). The molecule has 2 heterocycles. The maximum Gasteiger partial charge on any atom is 0.177 e. The first-order valence-electron chi connectivity index (χ1n) is 4.55. The highest BCUT2D eigenvalue weighted by atomic mass is 15.1. The van der Waals surface area contributed by atoms with Gasteiger partial charge in [-0.1, -0.05) is 6.07 Å². The minimum Gasteiger partial charge on any atom is -0.273 e. The summed E-state index contributed by atoms with van der Waals surface area (Å²) in [5.41, 5.74) is 0.380. The summed E-state index contributed by atoms with van der Waals surface area (Å²) in [6, 6.07) is 10.4. The molecule has 0 bridgehead atoms. The predicted octanol–water partition coefficient (Wildman–Crippen LogP) is 0.882. The van der Waals surface area contributed by atoms with Crippen LogP contribution < -0.4 is 0 Å². The highest BCUT2D eigenvalue weighted by Gasteiger charge is 2.12. The third-order valence-electron chi connectivity index (χ3n) is 2.08. The van der Waals surface area contributed by atoms with Crippen LogP contribution in [0.3, 0.4) is 0 Å². The van der Waals surface area contributed by atoms with Gasteiger partial charge in [-0.3, -0.25) is 4.57 Å². The Hall–Kier alpha value is -3.17. The average Bonchev–Trinajstić information content (AvgIpc) is 2.81. The third-order valence-corrected chi connectivity index (χ3v) is 2.08. The van der Waals surface area contributed by atoms with Crippen molar-refractivity contribution in [1.29, 1.82) is 15.8 Å². The van der Waals surface area contributed by atoms with E-state index in [9.17, 15) is 0 Å². The van der Waals surface area contributed by atoms with Crippen LogP contribution in [0.4, 0.5) is 0 Å². The van der Waals surface area contributed by atoms with Crippen molar-refractivity contribution in [3.05, 3.63) is 41.6 Å². The molecule has 0 saturated heterocycles. The summed E-state index contributed by atoms with van der Waals surface area (Å²) in [6.45, 7) is 0. The van der Waals surface area contributed by atoms with Crippen molar-refractivity contribution < 1.29 is 0 Å². The van der Waals surface area contributed by atoms with Gasteiger partial charge < -0.3 is 0 Å². The van der Waals surface area contributed by atoms with Crippen molar-refractivity contribution in [3.8, 4) is 24.0 Å². The Bertz CT molecular complexity index is 692. The molecule has 0 unspecified atom stereocenters. The van der Waals surface area contributed by atoms with Gasteiger partial charge in [0.1, 0.15) is 36.0 Å². The van der Waals surface area contributed by atoms with Crippen molar-refractivity contribution in [2.75, 3.05) is 0 Å². The molecule has 0 atom stereocenters. The standard InChI is InChI=1S/C11H4N6/c12-4-8-2-1-3-11(16-8)17-7-15-9(5-13)10(17)6-14/h1-3,7H. The normalized spacial score (nSPS) is 9.00. The number of aromatic nitrogens is 3. The van der Waals surface area contributed by atoms with Gasteiger partial charge in [-0.05, 0) is 12.1 Å². The number of rotatable bonds is 1. The van der Waals surface area contributed by atoms with E-state index in [4.69, 9.17) is 15.8 Å². The first-order valence-corrected chi connectivity index (χ1v) is 4.55. The van der Waals surface area contributed by atoms with Gasteiger partial charge in [0.2, 0.25) is 0 Å². The van der Waals surface area contributed by atoms with E-state index in [0.717, 1.165) is 0 Å². The highest BCUT2D eigenvalue weighted by molar-refractivity contribution is 5.42. The molecule has 0 aliphatic rings. The fourth-order valence-corrected chi connectivity index (χ4v) is 1.33. The molecule has 0 saturated carbocycles. The largest absolute Gasteiger partial charge is 0.273 e. The Morgan fingerprint density at radius 2 is 1.88 bits per heavy atom. The fraction of sp³-hybridized carbons (Fsp3) is 0. The molecule has 0 N–H and O–H groups in total. The molecule has 0 fully saturated rings. The zero-order chi connectivity index (χ0) is 12.3. The SMILES string of the molecule is N#Cc1cccc(-n2cnc(C#N)c2C#N)n1. The molecule has 0 aliphatic carbocycles. The van der Waals surface area contributed by atoms with Crippen LogP contribution in [0, 0.1) is 34.0 Å². The lowest BCUT2D eigenvalue weighted by Gasteiger charge is -2.01. The second kappa shape index (κ2) is 4.14. The number of pyridine rings is 1. The molecule has 78 valence electrons. The van der Waals surface area contributed by atoms with Gasteiger partial charge in [0.15, 0.2) is 11.4 Å². The second-order valence-corrected chi connectivity index (χ2v) is 3.03.